The average Bonchev–Trinajstić information content (AvgIpc) is 3.41. The summed E-state index contributed by atoms with van der Waals surface area (Å²) >= 11 is 1.51. The molecule has 0 radical (unpaired) electrons. The lowest BCUT2D eigenvalue weighted by Gasteiger charge is -2.32. The molecule has 0 N–H and O–H groups in total. The molecule has 0 amide bonds. The molecule has 2 atom stereocenters. The molecule has 0 bridgehead atoms. The Bertz CT molecular complexity index is 1390. The van der Waals surface area contributed by atoms with Gasteiger partial charge in [0.2, 0.25) is 0 Å². The maximum absolute atomic E-state index is 13.4. The molecule has 198 valence electrons. The van der Waals surface area contributed by atoms with Gasteiger partial charge in [0.05, 0.1) is 32.1 Å². The second kappa shape index (κ2) is 11.7. The van der Waals surface area contributed by atoms with Crippen LogP contribution in [0.4, 0.5) is 0 Å². The molecule has 38 heavy (non-hydrogen) atoms. The van der Waals surface area contributed by atoms with Crippen LogP contribution in [0, 0.1) is 11.8 Å². The topological polar surface area (TPSA) is 87.1 Å². The van der Waals surface area contributed by atoms with Crippen LogP contribution in [0.15, 0.2) is 70.2 Å². The Hall–Kier alpha value is -3.78. The Labute approximate surface area is 227 Å². The van der Waals surface area contributed by atoms with Crippen molar-refractivity contribution in [3.63, 3.8) is 0 Å². The number of aromatic nitrogens is 1. The van der Waals surface area contributed by atoms with Crippen molar-refractivity contribution in [2.75, 3.05) is 20.8 Å². The lowest BCUT2D eigenvalue weighted by molar-refractivity contribution is -0.144. The van der Waals surface area contributed by atoms with Crippen molar-refractivity contribution in [1.82, 2.24) is 4.98 Å². The van der Waals surface area contributed by atoms with Gasteiger partial charge in [0.25, 0.3) is 0 Å². The van der Waals surface area contributed by atoms with Crippen molar-refractivity contribution in [2.45, 2.75) is 33.6 Å². The molecule has 0 spiro atoms. The summed E-state index contributed by atoms with van der Waals surface area (Å²) in [5, 5.41) is 2.78. The highest BCUT2D eigenvalue weighted by molar-refractivity contribution is 7.13. The number of carbonyl (C=O) groups is 2. The number of methoxy groups -OCH3 is 2. The molecule has 0 saturated carbocycles. The average molecular weight is 533 g/mol. The SMILES string of the molecule is COC(=O)C1C(C)=NC(C)=C(C(=O)OCC(C)C)C1c1ccccc1-c1nc(-c2ccc(OC)cc2)cs1. The summed E-state index contributed by atoms with van der Waals surface area (Å²) in [6.07, 6.45) is 0. The zero-order valence-electron chi connectivity index (χ0n) is 22.5. The summed E-state index contributed by atoms with van der Waals surface area (Å²) < 4.78 is 16.1. The molecule has 1 aliphatic rings. The van der Waals surface area contributed by atoms with E-state index in [4.69, 9.17) is 19.2 Å². The first-order valence-electron chi connectivity index (χ1n) is 12.4. The van der Waals surface area contributed by atoms with Crippen LogP contribution in [0.1, 0.15) is 39.2 Å². The third-order valence-electron chi connectivity index (χ3n) is 6.47. The van der Waals surface area contributed by atoms with Crippen molar-refractivity contribution >= 4 is 29.0 Å². The number of rotatable bonds is 8. The van der Waals surface area contributed by atoms with E-state index in [1.165, 1.54) is 18.4 Å². The van der Waals surface area contributed by atoms with Crippen molar-refractivity contribution in [3.05, 3.63) is 70.7 Å². The lowest BCUT2D eigenvalue weighted by Crippen LogP contribution is -2.36. The van der Waals surface area contributed by atoms with Gasteiger partial charge in [0.15, 0.2) is 0 Å². The second-order valence-electron chi connectivity index (χ2n) is 9.58. The second-order valence-corrected chi connectivity index (χ2v) is 10.4. The number of thiazole rings is 1. The molecule has 1 aliphatic heterocycles. The van der Waals surface area contributed by atoms with Crippen molar-refractivity contribution in [1.29, 1.82) is 0 Å². The summed E-state index contributed by atoms with van der Waals surface area (Å²) in [6.45, 7) is 7.80. The van der Waals surface area contributed by atoms with Gasteiger partial charge in [-0.3, -0.25) is 9.79 Å². The monoisotopic (exact) mass is 532 g/mol. The minimum Gasteiger partial charge on any atom is -0.497 e. The predicted molar refractivity (Wildman–Crippen MR) is 149 cm³/mol. The quantitative estimate of drug-likeness (QED) is 0.316. The van der Waals surface area contributed by atoms with Gasteiger partial charge >= 0.3 is 11.9 Å². The zero-order valence-corrected chi connectivity index (χ0v) is 23.3. The standard InChI is InChI=1S/C30H32N2O5S/c1-17(2)15-37-30(34)26-19(4)31-18(3)25(29(33)36-6)27(26)22-9-7-8-10-23(22)28-32-24(16-38-28)20-11-13-21(35-5)14-12-20/h7-14,16-17,25,27H,15H2,1-6H3. The molecule has 1 aromatic heterocycles. The van der Waals surface area contributed by atoms with Gasteiger partial charge in [0, 0.05) is 33.8 Å². The number of hydrogen-bond acceptors (Lipinski definition) is 8. The molecular weight excluding hydrogens is 500 g/mol. The fourth-order valence-corrected chi connectivity index (χ4v) is 5.52. The largest absolute Gasteiger partial charge is 0.497 e. The molecule has 7 nitrogen and oxygen atoms in total. The fourth-order valence-electron chi connectivity index (χ4n) is 4.65. The van der Waals surface area contributed by atoms with Crippen molar-refractivity contribution < 1.29 is 23.8 Å². The molecule has 8 heteroatoms. The number of ether oxygens (including phenoxy) is 3. The van der Waals surface area contributed by atoms with Gasteiger partial charge in [0.1, 0.15) is 16.7 Å². The van der Waals surface area contributed by atoms with Crippen LogP contribution in [-0.2, 0) is 19.1 Å². The smallest absolute Gasteiger partial charge is 0.336 e. The number of allylic oxidation sites excluding steroid dienone is 1. The van der Waals surface area contributed by atoms with Gasteiger partial charge in [-0.25, -0.2) is 9.78 Å². The highest BCUT2D eigenvalue weighted by Gasteiger charge is 2.43. The molecule has 2 unspecified atom stereocenters. The van der Waals surface area contributed by atoms with E-state index in [0.717, 1.165) is 33.1 Å². The van der Waals surface area contributed by atoms with Gasteiger partial charge in [-0.05, 0) is 49.6 Å². The lowest BCUT2D eigenvalue weighted by atomic mass is 9.74. The molecular formula is C30H32N2O5S. The number of esters is 2. The number of aliphatic imine (C=N–C) groups is 1. The van der Waals surface area contributed by atoms with Gasteiger partial charge in [-0.2, -0.15) is 0 Å². The maximum Gasteiger partial charge on any atom is 0.336 e. The highest BCUT2D eigenvalue weighted by Crippen LogP contribution is 2.44. The number of hydrogen-bond donors (Lipinski definition) is 0. The van der Waals surface area contributed by atoms with Crippen molar-refractivity contribution in [3.8, 4) is 27.6 Å². The summed E-state index contributed by atoms with van der Waals surface area (Å²) in [6, 6.07) is 15.5. The van der Waals surface area contributed by atoms with E-state index >= 15 is 0 Å². The first kappa shape index (κ1) is 27.3. The third-order valence-corrected chi connectivity index (χ3v) is 7.34. The third kappa shape index (κ3) is 5.55. The molecule has 2 aromatic carbocycles. The van der Waals surface area contributed by atoms with Crippen LogP contribution in [0.25, 0.3) is 21.8 Å². The number of nitrogens with zero attached hydrogens (tertiary/aromatic N) is 2. The first-order chi connectivity index (χ1) is 18.2. The minimum absolute atomic E-state index is 0.169. The molecule has 0 aliphatic carbocycles. The molecule has 4 rings (SSSR count). The Balaban J connectivity index is 1.82. The summed E-state index contributed by atoms with van der Waals surface area (Å²) in [5.74, 6) is -1.39. The van der Waals surface area contributed by atoms with E-state index in [1.54, 1.807) is 21.0 Å². The Morgan fingerprint density at radius 3 is 2.39 bits per heavy atom. The summed E-state index contributed by atoms with van der Waals surface area (Å²) in [5.41, 5.74) is 4.92. The molecule has 0 saturated heterocycles. The molecule has 0 fully saturated rings. The summed E-state index contributed by atoms with van der Waals surface area (Å²) in [4.78, 5) is 36.0. The van der Waals surface area contributed by atoms with Crippen LogP contribution in [0.3, 0.4) is 0 Å². The predicted octanol–water partition coefficient (Wildman–Crippen LogP) is 6.31. The van der Waals surface area contributed by atoms with Gasteiger partial charge in [-0.15, -0.1) is 11.3 Å². The maximum atomic E-state index is 13.4. The molecule has 2 heterocycles. The van der Waals surface area contributed by atoms with Crippen LogP contribution in [-0.4, -0.2) is 43.5 Å². The molecule has 3 aromatic rings. The Kier molecular flexibility index (Phi) is 8.42. The van der Waals surface area contributed by atoms with Crippen molar-refractivity contribution in [2.24, 2.45) is 16.8 Å². The van der Waals surface area contributed by atoms with E-state index in [9.17, 15) is 9.59 Å². The summed E-state index contributed by atoms with van der Waals surface area (Å²) in [7, 11) is 2.98. The van der Waals surface area contributed by atoms with E-state index < -0.39 is 23.8 Å². The zero-order chi connectivity index (χ0) is 27.4. The highest BCUT2D eigenvalue weighted by atomic mass is 32.1. The van der Waals surface area contributed by atoms with Gasteiger partial charge in [-0.1, -0.05) is 38.1 Å². The fraction of sp³-hybridized carbons (Fsp3) is 0.333. The number of carbonyl (C=O) groups excluding carboxylic acids is 2. The van der Waals surface area contributed by atoms with E-state index in [2.05, 4.69) is 4.99 Å². The van der Waals surface area contributed by atoms with Gasteiger partial charge < -0.3 is 14.2 Å². The number of benzene rings is 2. The van der Waals surface area contributed by atoms with Crippen LogP contribution < -0.4 is 4.74 Å². The Morgan fingerprint density at radius 1 is 1.03 bits per heavy atom. The van der Waals surface area contributed by atoms with E-state index in [0.29, 0.717) is 17.0 Å². The minimum atomic E-state index is -0.771. The Morgan fingerprint density at radius 2 is 1.74 bits per heavy atom. The van der Waals surface area contributed by atoms with Crippen LogP contribution >= 0.6 is 11.3 Å². The normalized spacial score (nSPS) is 17.3. The first-order valence-corrected chi connectivity index (χ1v) is 13.3. The van der Waals surface area contributed by atoms with Crippen LogP contribution in [0.2, 0.25) is 0 Å². The van der Waals surface area contributed by atoms with E-state index in [1.807, 2.05) is 67.8 Å². The van der Waals surface area contributed by atoms with E-state index in [-0.39, 0.29) is 12.5 Å². The van der Waals surface area contributed by atoms with Crippen LogP contribution in [0.5, 0.6) is 5.75 Å².